The van der Waals surface area contributed by atoms with Gasteiger partial charge < -0.3 is 10.5 Å². The number of anilines is 1. The number of hydrogen-bond donors (Lipinski definition) is 1. The molecular weight excluding hydrogens is 269 g/mol. The number of ether oxygens (including phenoxy) is 1. The lowest BCUT2D eigenvalue weighted by Crippen LogP contribution is -2.07. The normalized spacial score (nSPS) is 10.3. The third-order valence-corrected chi connectivity index (χ3v) is 3.01. The minimum Gasteiger partial charge on any atom is -0.497 e. The Kier molecular flexibility index (Phi) is 3.71. The number of methoxy groups -OCH3 is 1. The van der Waals surface area contributed by atoms with Gasteiger partial charge in [0.1, 0.15) is 11.6 Å². The first kappa shape index (κ1) is 13.4. The molecule has 0 spiro atoms. The highest BCUT2D eigenvalue weighted by Crippen LogP contribution is 2.26. The summed E-state index contributed by atoms with van der Waals surface area (Å²) in [5, 5.41) is 0.175. The van der Waals surface area contributed by atoms with Gasteiger partial charge in [-0.1, -0.05) is 11.6 Å². The average molecular weight is 280 g/mol. The van der Waals surface area contributed by atoms with Crippen LogP contribution in [0.25, 0.3) is 0 Å². The molecule has 2 rings (SSSR count). The minimum atomic E-state index is -0.533. The summed E-state index contributed by atoms with van der Waals surface area (Å²) in [4.78, 5) is 12.3. The Morgan fingerprint density at radius 2 is 1.95 bits per heavy atom. The standard InChI is InChI=1S/C14H11ClFNO2/c1-19-9-3-5-13(17)11(7-9)14(18)10-6-8(16)2-4-12(10)15/h2-7H,17H2,1H3. The molecule has 0 aliphatic rings. The minimum absolute atomic E-state index is 0.0709. The van der Waals surface area contributed by atoms with Crippen LogP contribution in [-0.2, 0) is 0 Å². The number of nitrogens with two attached hydrogens (primary N) is 1. The molecule has 98 valence electrons. The molecule has 0 amide bonds. The molecule has 0 aromatic heterocycles. The molecule has 0 atom stereocenters. The highest BCUT2D eigenvalue weighted by atomic mass is 35.5. The molecule has 0 aliphatic carbocycles. The Balaban J connectivity index is 2.52. The second-order valence-corrected chi connectivity index (χ2v) is 4.31. The molecule has 0 saturated carbocycles. The zero-order chi connectivity index (χ0) is 14.0. The summed E-state index contributed by atoms with van der Waals surface area (Å²) in [7, 11) is 1.48. The van der Waals surface area contributed by atoms with Crippen molar-refractivity contribution in [3.05, 3.63) is 58.4 Å². The second-order valence-electron chi connectivity index (χ2n) is 3.91. The summed E-state index contributed by atoms with van der Waals surface area (Å²) in [6.45, 7) is 0. The van der Waals surface area contributed by atoms with Gasteiger partial charge in [-0.25, -0.2) is 4.39 Å². The van der Waals surface area contributed by atoms with E-state index >= 15 is 0 Å². The Morgan fingerprint density at radius 1 is 1.21 bits per heavy atom. The molecule has 0 heterocycles. The molecule has 0 unspecified atom stereocenters. The summed E-state index contributed by atoms with van der Waals surface area (Å²) in [5.74, 6) is -0.486. The molecule has 0 aliphatic heterocycles. The smallest absolute Gasteiger partial charge is 0.196 e. The zero-order valence-electron chi connectivity index (χ0n) is 10.1. The van der Waals surface area contributed by atoms with Crippen molar-refractivity contribution in [2.24, 2.45) is 0 Å². The van der Waals surface area contributed by atoms with Crippen LogP contribution in [0.1, 0.15) is 15.9 Å². The lowest BCUT2D eigenvalue weighted by atomic mass is 10.0. The number of halogens is 2. The van der Waals surface area contributed by atoms with Gasteiger partial charge in [-0.15, -0.1) is 0 Å². The van der Waals surface area contributed by atoms with Crippen LogP contribution in [0.15, 0.2) is 36.4 Å². The SMILES string of the molecule is COc1ccc(N)c(C(=O)c2cc(F)ccc2Cl)c1. The lowest BCUT2D eigenvalue weighted by Gasteiger charge is -2.08. The molecule has 2 aromatic rings. The first-order chi connectivity index (χ1) is 9.02. The van der Waals surface area contributed by atoms with E-state index in [1.165, 1.54) is 25.3 Å². The van der Waals surface area contributed by atoms with E-state index < -0.39 is 11.6 Å². The number of benzene rings is 2. The summed E-state index contributed by atoms with van der Waals surface area (Å²) in [6.07, 6.45) is 0. The van der Waals surface area contributed by atoms with Crippen molar-refractivity contribution in [1.82, 2.24) is 0 Å². The van der Waals surface area contributed by atoms with E-state index in [-0.39, 0.29) is 21.8 Å². The molecule has 19 heavy (non-hydrogen) atoms. The first-order valence-corrected chi connectivity index (χ1v) is 5.84. The zero-order valence-corrected chi connectivity index (χ0v) is 10.9. The Labute approximate surface area is 114 Å². The fourth-order valence-corrected chi connectivity index (χ4v) is 1.88. The number of carbonyl (C=O) groups excluding carboxylic acids is 1. The van der Waals surface area contributed by atoms with Crippen LogP contribution in [0.4, 0.5) is 10.1 Å². The van der Waals surface area contributed by atoms with Gasteiger partial charge in [-0.2, -0.15) is 0 Å². The van der Waals surface area contributed by atoms with Crippen LogP contribution in [0.2, 0.25) is 5.02 Å². The maximum absolute atomic E-state index is 13.2. The fraction of sp³-hybridized carbons (Fsp3) is 0.0714. The highest BCUT2D eigenvalue weighted by Gasteiger charge is 2.17. The molecule has 2 aromatic carbocycles. The largest absolute Gasteiger partial charge is 0.497 e. The molecule has 5 heteroatoms. The van der Waals surface area contributed by atoms with E-state index in [1.807, 2.05) is 0 Å². The lowest BCUT2D eigenvalue weighted by molar-refractivity contribution is 0.103. The van der Waals surface area contributed by atoms with E-state index in [1.54, 1.807) is 12.1 Å². The van der Waals surface area contributed by atoms with E-state index in [0.717, 1.165) is 6.07 Å². The van der Waals surface area contributed by atoms with Crippen molar-refractivity contribution in [3.8, 4) is 5.75 Å². The van der Waals surface area contributed by atoms with E-state index in [2.05, 4.69) is 0 Å². The van der Waals surface area contributed by atoms with Gasteiger partial charge in [-0.3, -0.25) is 4.79 Å². The predicted molar refractivity (Wildman–Crippen MR) is 72.2 cm³/mol. The van der Waals surface area contributed by atoms with Crippen molar-refractivity contribution in [1.29, 1.82) is 0 Å². The highest BCUT2D eigenvalue weighted by molar-refractivity contribution is 6.35. The Bertz CT molecular complexity index is 643. The maximum Gasteiger partial charge on any atom is 0.196 e. The van der Waals surface area contributed by atoms with Gasteiger partial charge in [0.05, 0.1) is 12.1 Å². The molecule has 0 bridgehead atoms. The topological polar surface area (TPSA) is 52.3 Å². The number of ketones is 1. The monoisotopic (exact) mass is 279 g/mol. The summed E-state index contributed by atoms with van der Waals surface area (Å²) in [6, 6.07) is 8.30. The van der Waals surface area contributed by atoms with Crippen molar-refractivity contribution in [2.45, 2.75) is 0 Å². The molecule has 3 nitrogen and oxygen atoms in total. The third kappa shape index (κ3) is 2.69. The molecule has 0 radical (unpaired) electrons. The van der Waals surface area contributed by atoms with Crippen molar-refractivity contribution < 1.29 is 13.9 Å². The summed E-state index contributed by atoms with van der Waals surface area (Å²) in [5.41, 5.74) is 6.34. The van der Waals surface area contributed by atoms with Gasteiger partial charge in [-0.05, 0) is 36.4 Å². The molecule has 0 saturated heterocycles. The first-order valence-electron chi connectivity index (χ1n) is 5.46. The number of hydrogen-bond acceptors (Lipinski definition) is 3. The summed E-state index contributed by atoms with van der Waals surface area (Å²) < 4.78 is 18.2. The fourth-order valence-electron chi connectivity index (χ4n) is 1.68. The summed E-state index contributed by atoms with van der Waals surface area (Å²) >= 11 is 5.91. The maximum atomic E-state index is 13.2. The number of rotatable bonds is 3. The third-order valence-electron chi connectivity index (χ3n) is 2.68. The Hall–Kier alpha value is -2.07. The number of nitrogen functional groups attached to an aromatic ring is 1. The predicted octanol–water partition coefficient (Wildman–Crippen LogP) is 3.30. The molecule has 2 N–H and O–H groups in total. The van der Waals surface area contributed by atoms with Gasteiger partial charge >= 0.3 is 0 Å². The van der Waals surface area contributed by atoms with Crippen LogP contribution in [-0.4, -0.2) is 12.9 Å². The Morgan fingerprint density at radius 3 is 2.63 bits per heavy atom. The van der Waals surface area contributed by atoms with Crippen LogP contribution in [0, 0.1) is 5.82 Å². The van der Waals surface area contributed by atoms with Gasteiger partial charge in [0, 0.05) is 16.8 Å². The van der Waals surface area contributed by atoms with Gasteiger partial charge in [0.15, 0.2) is 5.78 Å². The van der Waals surface area contributed by atoms with E-state index in [4.69, 9.17) is 22.1 Å². The van der Waals surface area contributed by atoms with Crippen molar-refractivity contribution >= 4 is 23.1 Å². The van der Waals surface area contributed by atoms with E-state index in [9.17, 15) is 9.18 Å². The quantitative estimate of drug-likeness (QED) is 0.693. The number of carbonyl (C=O) groups is 1. The second kappa shape index (κ2) is 5.28. The van der Waals surface area contributed by atoms with Crippen molar-refractivity contribution in [2.75, 3.05) is 12.8 Å². The molecular formula is C14H11ClFNO2. The molecule has 0 fully saturated rings. The van der Waals surface area contributed by atoms with Crippen LogP contribution in [0.3, 0.4) is 0 Å². The van der Waals surface area contributed by atoms with Crippen molar-refractivity contribution in [3.63, 3.8) is 0 Å². The average Bonchev–Trinajstić information content (AvgIpc) is 2.41. The van der Waals surface area contributed by atoms with Crippen LogP contribution in [0.5, 0.6) is 5.75 Å². The van der Waals surface area contributed by atoms with Crippen LogP contribution < -0.4 is 10.5 Å². The van der Waals surface area contributed by atoms with Gasteiger partial charge in [0.2, 0.25) is 0 Å². The van der Waals surface area contributed by atoms with Gasteiger partial charge in [0.25, 0.3) is 0 Å². The van der Waals surface area contributed by atoms with Crippen LogP contribution >= 0.6 is 11.6 Å². The van der Waals surface area contributed by atoms with E-state index in [0.29, 0.717) is 5.75 Å².